The van der Waals surface area contributed by atoms with Crippen molar-refractivity contribution >= 4 is 11.6 Å². The van der Waals surface area contributed by atoms with Gasteiger partial charge in [0.2, 0.25) is 0 Å². The van der Waals surface area contributed by atoms with Crippen molar-refractivity contribution in [1.29, 1.82) is 0 Å². The zero-order chi connectivity index (χ0) is 12.3. The molecule has 2 rings (SSSR count). The molecule has 5 heteroatoms. The number of rotatable bonds is 3. The van der Waals surface area contributed by atoms with Crippen LogP contribution in [0, 0.1) is 0 Å². The highest BCUT2D eigenvalue weighted by Crippen LogP contribution is 2.19. The SMILES string of the molecule is CC(C)Nc1cc(N2CCC(N)CC2)ncn1. The molecule has 94 valence electrons. The molecule has 0 bridgehead atoms. The number of hydrogen-bond acceptors (Lipinski definition) is 5. The van der Waals surface area contributed by atoms with Gasteiger partial charge < -0.3 is 16.0 Å². The first kappa shape index (κ1) is 12.1. The second kappa shape index (κ2) is 5.31. The van der Waals surface area contributed by atoms with Gasteiger partial charge in [-0.05, 0) is 26.7 Å². The zero-order valence-electron chi connectivity index (χ0n) is 10.6. The van der Waals surface area contributed by atoms with E-state index in [0.29, 0.717) is 12.1 Å². The lowest BCUT2D eigenvalue weighted by molar-refractivity contribution is 0.498. The highest BCUT2D eigenvalue weighted by molar-refractivity contribution is 5.49. The number of aromatic nitrogens is 2. The third-order valence-electron chi connectivity index (χ3n) is 2.95. The molecule has 5 nitrogen and oxygen atoms in total. The largest absolute Gasteiger partial charge is 0.368 e. The summed E-state index contributed by atoms with van der Waals surface area (Å²) in [5.41, 5.74) is 5.90. The van der Waals surface area contributed by atoms with Gasteiger partial charge in [0.05, 0.1) is 0 Å². The molecule has 17 heavy (non-hydrogen) atoms. The van der Waals surface area contributed by atoms with Gasteiger partial charge in [0, 0.05) is 31.2 Å². The van der Waals surface area contributed by atoms with Gasteiger partial charge in [-0.15, -0.1) is 0 Å². The first-order chi connectivity index (χ1) is 8.15. The van der Waals surface area contributed by atoms with Crippen molar-refractivity contribution in [2.24, 2.45) is 5.73 Å². The lowest BCUT2D eigenvalue weighted by atomic mass is 10.1. The molecule has 1 aromatic rings. The van der Waals surface area contributed by atoms with Crippen LogP contribution in [-0.4, -0.2) is 35.1 Å². The van der Waals surface area contributed by atoms with Gasteiger partial charge in [0.15, 0.2) is 0 Å². The van der Waals surface area contributed by atoms with Gasteiger partial charge in [0.25, 0.3) is 0 Å². The van der Waals surface area contributed by atoms with Crippen molar-refractivity contribution in [3.8, 4) is 0 Å². The third kappa shape index (κ3) is 3.30. The minimum absolute atomic E-state index is 0.348. The van der Waals surface area contributed by atoms with E-state index >= 15 is 0 Å². The molecule has 0 aromatic carbocycles. The van der Waals surface area contributed by atoms with E-state index in [4.69, 9.17) is 5.73 Å². The van der Waals surface area contributed by atoms with Gasteiger partial charge in [-0.3, -0.25) is 0 Å². The molecular weight excluding hydrogens is 214 g/mol. The smallest absolute Gasteiger partial charge is 0.134 e. The Morgan fingerprint density at radius 2 is 2.06 bits per heavy atom. The highest BCUT2D eigenvalue weighted by atomic mass is 15.2. The van der Waals surface area contributed by atoms with Gasteiger partial charge in [-0.25, -0.2) is 9.97 Å². The normalized spacial score (nSPS) is 17.5. The summed E-state index contributed by atoms with van der Waals surface area (Å²) < 4.78 is 0. The van der Waals surface area contributed by atoms with Gasteiger partial charge in [-0.2, -0.15) is 0 Å². The van der Waals surface area contributed by atoms with Crippen LogP contribution in [0.5, 0.6) is 0 Å². The minimum Gasteiger partial charge on any atom is -0.368 e. The molecule has 2 heterocycles. The van der Waals surface area contributed by atoms with Crippen molar-refractivity contribution in [3.63, 3.8) is 0 Å². The number of nitrogens with two attached hydrogens (primary N) is 1. The fourth-order valence-electron chi connectivity index (χ4n) is 2.02. The van der Waals surface area contributed by atoms with Gasteiger partial charge in [0.1, 0.15) is 18.0 Å². The van der Waals surface area contributed by atoms with E-state index in [-0.39, 0.29) is 0 Å². The van der Waals surface area contributed by atoms with Crippen LogP contribution in [0.4, 0.5) is 11.6 Å². The summed E-state index contributed by atoms with van der Waals surface area (Å²) in [6.45, 7) is 6.17. The quantitative estimate of drug-likeness (QED) is 0.824. The van der Waals surface area contributed by atoms with Crippen LogP contribution in [-0.2, 0) is 0 Å². The van der Waals surface area contributed by atoms with E-state index < -0.39 is 0 Å². The van der Waals surface area contributed by atoms with Crippen LogP contribution in [0.25, 0.3) is 0 Å². The molecule has 0 radical (unpaired) electrons. The summed E-state index contributed by atoms with van der Waals surface area (Å²) in [5, 5.41) is 3.29. The van der Waals surface area contributed by atoms with E-state index in [1.807, 2.05) is 6.07 Å². The third-order valence-corrected chi connectivity index (χ3v) is 2.95. The Morgan fingerprint density at radius 1 is 1.35 bits per heavy atom. The molecule has 0 atom stereocenters. The van der Waals surface area contributed by atoms with Crippen LogP contribution < -0.4 is 16.0 Å². The summed E-state index contributed by atoms with van der Waals surface area (Å²) in [6.07, 6.45) is 3.70. The number of nitrogens with zero attached hydrogens (tertiary/aromatic N) is 3. The van der Waals surface area contributed by atoms with Crippen molar-refractivity contribution in [2.45, 2.75) is 38.8 Å². The Bertz CT molecular complexity index is 358. The summed E-state index contributed by atoms with van der Waals surface area (Å²) in [7, 11) is 0. The van der Waals surface area contributed by atoms with E-state index in [1.165, 1.54) is 0 Å². The van der Waals surface area contributed by atoms with Crippen LogP contribution in [0.15, 0.2) is 12.4 Å². The molecule has 0 spiro atoms. The maximum Gasteiger partial charge on any atom is 0.134 e. The monoisotopic (exact) mass is 235 g/mol. The van der Waals surface area contributed by atoms with Gasteiger partial charge >= 0.3 is 0 Å². The molecule has 1 aromatic heterocycles. The molecule has 1 saturated heterocycles. The Labute approximate surface area is 102 Å². The van der Waals surface area contributed by atoms with E-state index in [0.717, 1.165) is 37.6 Å². The molecule has 1 aliphatic heterocycles. The predicted molar refractivity (Wildman–Crippen MR) is 70.2 cm³/mol. The maximum absolute atomic E-state index is 5.90. The molecule has 0 amide bonds. The van der Waals surface area contributed by atoms with Crippen molar-refractivity contribution < 1.29 is 0 Å². The topological polar surface area (TPSA) is 67.1 Å². The average Bonchev–Trinajstić information content (AvgIpc) is 2.29. The first-order valence-corrected chi connectivity index (χ1v) is 6.24. The molecule has 1 fully saturated rings. The second-order valence-electron chi connectivity index (χ2n) is 4.88. The summed E-state index contributed by atoms with van der Waals surface area (Å²) in [5.74, 6) is 1.88. The molecule has 0 unspecified atom stereocenters. The van der Waals surface area contributed by atoms with Crippen LogP contribution >= 0.6 is 0 Å². The molecule has 0 saturated carbocycles. The summed E-state index contributed by atoms with van der Waals surface area (Å²) in [6, 6.07) is 2.74. The lowest BCUT2D eigenvalue weighted by Crippen LogP contribution is -2.40. The first-order valence-electron chi connectivity index (χ1n) is 6.24. The lowest BCUT2D eigenvalue weighted by Gasteiger charge is -2.31. The van der Waals surface area contributed by atoms with Crippen LogP contribution in [0.2, 0.25) is 0 Å². The Morgan fingerprint density at radius 3 is 2.71 bits per heavy atom. The maximum atomic E-state index is 5.90. The summed E-state index contributed by atoms with van der Waals surface area (Å²) >= 11 is 0. The Balaban J connectivity index is 2.05. The average molecular weight is 235 g/mol. The fraction of sp³-hybridized carbons (Fsp3) is 0.667. The number of nitrogens with one attached hydrogen (secondary N) is 1. The van der Waals surface area contributed by atoms with Gasteiger partial charge in [-0.1, -0.05) is 0 Å². The Hall–Kier alpha value is -1.36. The van der Waals surface area contributed by atoms with E-state index in [1.54, 1.807) is 6.33 Å². The highest BCUT2D eigenvalue weighted by Gasteiger charge is 2.17. The number of piperidine rings is 1. The van der Waals surface area contributed by atoms with Crippen molar-refractivity contribution in [2.75, 3.05) is 23.3 Å². The predicted octanol–water partition coefficient (Wildman–Crippen LogP) is 1.22. The van der Waals surface area contributed by atoms with Crippen molar-refractivity contribution in [3.05, 3.63) is 12.4 Å². The van der Waals surface area contributed by atoms with Crippen LogP contribution in [0.1, 0.15) is 26.7 Å². The number of anilines is 2. The molecular formula is C12H21N5. The standard InChI is InChI=1S/C12H21N5/c1-9(2)16-11-7-12(15-8-14-11)17-5-3-10(13)4-6-17/h7-10H,3-6,13H2,1-2H3,(H,14,15,16). The van der Waals surface area contributed by atoms with E-state index in [2.05, 4.69) is 34.0 Å². The van der Waals surface area contributed by atoms with E-state index in [9.17, 15) is 0 Å². The molecule has 0 aliphatic carbocycles. The Kier molecular flexibility index (Phi) is 3.78. The molecule has 3 N–H and O–H groups in total. The minimum atomic E-state index is 0.348. The van der Waals surface area contributed by atoms with Crippen LogP contribution in [0.3, 0.4) is 0 Å². The number of hydrogen-bond donors (Lipinski definition) is 2. The summed E-state index contributed by atoms with van der Waals surface area (Å²) in [4.78, 5) is 10.8. The van der Waals surface area contributed by atoms with Crippen molar-refractivity contribution in [1.82, 2.24) is 9.97 Å². The second-order valence-corrected chi connectivity index (χ2v) is 4.88. The zero-order valence-corrected chi connectivity index (χ0v) is 10.6. The molecule has 1 aliphatic rings. The fourth-order valence-corrected chi connectivity index (χ4v) is 2.02.